The molecule has 0 radical (unpaired) electrons. The molecule has 132 valence electrons. The highest BCUT2D eigenvalue weighted by atomic mass is 32.2. The van der Waals surface area contributed by atoms with Crippen molar-refractivity contribution in [2.24, 2.45) is 0 Å². The van der Waals surface area contributed by atoms with Gasteiger partial charge in [0, 0.05) is 19.1 Å². The monoisotopic (exact) mass is 371 g/mol. The molecule has 0 amide bonds. The van der Waals surface area contributed by atoms with E-state index >= 15 is 0 Å². The highest BCUT2D eigenvalue weighted by Crippen LogP contribution is 2.25. The van der Waals surface area contributed by atoms with Crippen LogP contribution < -0.4 is 0 Å². The number of sulfonamides is 1. The molecule has 24 heavy (non-hydrogen) atoms. The predicted molar refractivity (Wildman–Crippen MR) is 90.7 cm³/mol. The van der Waals surface area contributed by atoms with Crippen LogP contribution in [0.1, 0.15) is 12.0 Å². The van der Waals surface area contributed by atoms with Gasteiger partial charge in [-0.15, -0.1) is 0 Å². The number of sulfone groups is 1. The third-order valence-electron chi connectivity index (χ3n) is 3.95. The molecule has 0 spiro atoms. The minimum absolute atomic E-state index is 0.00386. The Kier molecular flexibility index (Phi) is 5.65. The molecule has 0 aromatic heterocycles. The number of hydrogen-bond acceptors (Lipinski definition) is 6. The molecule has 0 aliphatic carbocycles. The zero-order chi connectivity index (χ0) is 18.0. The average Bonchev–Trinajstić information content (AvgIpc) is 2.86. The maximum Gasteiger partial charge on any atom is 0.243 e. The van der Waals surface area contributed by atoms with Crippen molar-refractivity contribution in [3.8, 4) is 6.07 Å². The molecule has 1 aliphatic heterocycles. The molecule has 9 heteroatoms. The number of likely N-dealkylation sites (N-methyl/N-ethyl adjacent to an activating group) is 1. The zero-order valence-electron chi connectivity index (χ0n) is 13.7. The first-order chi connectivity index (χ1) is 11.2. The molecular formula is C15H21N3O4S2. The van der Waals surface area contributed by atoms with E-state index in [2.05, 4.69) is 0 Å². The van der Waals surface area contributed by atoms with Crippen LogP contribution in [0.2, 0.25) is 0 Å². The first kappa shape index (κ1) is 18.9. The standard InChI is InChI=1S/C15H21N3O4S2/c1-17(2)7-8-18(14-6-9-23(19,20)12-14)24(21,22)15-5-3-4-13(10-15)11-16/h3-5,10,14H,6-9,12H2,1-2H3/t14-/m0/s1. The van der Waals surface area contributed by atoms with E-state index in [1.807, 2.05) is 25.1 Å². The van der Waals surface area contributed by atoms with Gasteiger partial charge in [0.1, 0.15) is 0 Å². The molecule has 0 saturated carbocycles. The number of nitriles is 1. The second-order valence-electron chi connectivity index (χ2n) is 6.12. The Morgan fingerprint density at radius 3 is 2.54 bits per heavy atom. The van der Waals surface area contributed by atoms with Crippen molar-refractivity contribution in [1.82, 2.24) is 9.21 Å². The van der Waals surface area contributed by atoms with Crippen LogP contribution in [0.4, 0.5) is 0 Å². The van der Waals surface area contributed by atoms with Crippen LogP contribution in [0.3, 0.4) is 0 Å². The van der Waals surface area contributed by atoms with E-state index in [1.54, 1.807) is 0 Å². The molecule has 2 rings (SSSR count). The topological polar surface area (TPSA) is 98.6 Å². The summed E-state index contributed by atoms with van der Waals surface area (Å²) in [7, 11) is -3.43. The highest BCUT2D eigenvalue weighted by molar-refractivity contribution is 7.92. The smallest absolute Gasteiger partial charge is 0.243 e. The van der Waals surface area contributed by atoms with Gasteiger partial charge in [-0.3, -0.25) is 0 Å². The predicted octanol–water partition coefficient (Wildman–Crippen LogP) is 0.298. The van der Waals surface area contributed by atoms with Crippen molar-refractivity contribution in [2.75, 3.05) is 38.7 Å². The molecular weight excluding hydrogens is 350 g/mol. The fraction of sp³-hybridized carbons (Fsp3) is 0.533. The van der Waals surface area contributed by atoms with Crippen LogP contribution in [-0.2, 0) is 19.9 Å². The maximum atomic E-state index is 13.0. The first-order valence-corrected chi connectivity index (χ1v) is 10.8. The maximum absolute atomic E-state index is 13.0. The number of rotatable bonds is 6. The van der Waals surface area contributed by atoms with Crippen LogP contribution in [0.25, 0.3) is 0 Å². The van der Waals surface area contributed by atoms with E-state index in [-0.39, 0.29) is 28.5 Å². The van der Waals surface area contributed by atoms with Crippen molar-refractivity contribution in [2.45, 2.75) is 17.4 Å². The van der Waals surface area contributed by atoms with E-state index in [0.29, 0.717) is 13.0 Å². The van der Waals surface area contributed by atoms with Crippen molar-refractivity contribution in [3.63, 3.8) is 0 Å². The normalized spacial score (nSPS) is 20.4. The van der Waals surface area contributed by atoms with Gasteiger partial charge in [0.05, 0.1) is 28.0 Å². The fourth-order valence-electron chi connectivity index (χ4n) is 2.66. The molecule has 1 heterocycles. The lowest BCUT2D eigenvalue weighted by molar-refractivity contribution is 0.293. The number of hydrogen-bond donors (Lipinski definition) is 0. The Balaban J connectivity index is 2.39. The van der Waals surface area contributed by atoms with Gasteiger partial charge >= 0.3 is 0 Å². The Hall–Kier alpha value is -1.47. The van der Waals surface area contributed by atoms with Gasteiger partial charge < -0.3 is 4.90 Å². The van der Waals surface area contributed by atoms with E-state index in [4.69, 9.17) is 5.26 Å². The largest absolute Gasteiger partial charge is 0.308 e. The van der Waals surface area contributed by atoms with Crippen LogP contribution in [0, 0.1) is 11.3 Å². The third kappa shape index (κ3) is 4.33. The molecule has 1 fully saturated rings. The summed E-state index contributed by atoms with van der Waals surface area (Å²) >= 11 is 0. The van der Waals surface area contributed by atoms with Gasteiger partial charge in [-0.1, -0.05) is 6.07 Å². The van der Waals surface area contributed by atoms with Crippen LogP contribution >= 0.6 is 0 Å². The summed E-state index contributed by atoms with van der Waals surface area (Å²) in [6.45, 7) is 0.681. The lowest BCUT2D eigenvalue weighted by atomic mass is 10.2. The number of nitrogens with zero attached hydrogens (tertiary/aromatic N) is 3. The molecule has 1 saturated heterocycles. The fourth-order valence-corrected chi connectivity index (χ4v) is 6.18. The highest BCUT2D eigenvalue weighted by Gasteiger charge is 2.38. The van der Waals surface area contributed by atoms with Gasteiger partial charge in [-0.05, 0) is 38.7 Å². The minimum atomic E-state index is -3.87. The molecule has 1 atom stereocenters. The second kappa shape index (κ2) is 7.19. The number of benzene rings is 1. The third-order valence-corrected chi connectivity index (χ3v) is 7.65. The Morgan fingerprint density at radius 2 is 2.00 bits per heavy atom. The first-order valence-electron chi connectivity index (χ1n) is 7.53. The second-order valence-corrected chi connectivity index (χ2v) is 10.2. The summed E-state index contributed by atoms with van der Waals surface area (Å²) in [5.74, 6) is -0.151. The Labute approximate surface area is 143 Å². The van der Waals surface area contributed by atoms with Crippen LogP contribution in [0.15, 0.2) is 29.2 Å². The lowest BCUT2D eigenvalue weighted by Crippen LogP contribution is -2.44. The summed E-state index contributed by atoms with van der Waals surface area (Å²) in [5, 5.41) is 8.98. The summed E-state index contributed by atoms with van der Waals surface area (Å²) < 4.78 is 50.8. The quantitative estimate of drug-likeness (QED) is 0.713. The minimum Gasteiger partial charge on any atom is -0.308 e. The van der Waals surface area contributed by atoms with Gasteiger partial charge in [0.2, 0.25) is 10.0 Å². The van der Waals surface area contributed by atoms with Crippen LogP contribution in [-0.4, -0.2) is 70.8 Å². The molecule has 0 N–H and O–H groups in total. The molecule has 1 aromatic carbocycles. The molecule has 1 aliphatic rings. The van der Waals surface area contributed by atoms with E-state index in [0.717, 1.165) is 0 Å². The van der Waals surface area contributed by atoms with E-state index in [1.165, 1.54) is 28.6 Å². The van der Waals surface area contributed by atoms with Crippen molar-refractivity contribution < 1.29 is 16.8 Å². The Bertz CT molecular complexity index is 842. The Morgan fingerprint density at radius 1 is 1.29 bits per heavy atom. The van der Waals surface area contributed by atoms with Crippen molar-refractivity contribution in [1.29, 1.82) is 5.26 Å². The van der Waals surface area contributed by atoms with Crippen molar-refractivity contribution >= 4 is 19.9 Å². The molecule has 0 unspecified atom stereocenters. The van der Waals surface area contributed by atoms with E-state index < -0.39 is 25.9 Å². The summed E-state index contributed by atoms with van der Waals surface area (Å²) in [5.41, 5.74) is 0.252. The van der Waals surface area contributed by atoms with Gasteiger partial charge in [-0.2, -0.15) is 9.57 Å². The summed E-state index contributed by atoms with van der Waals surface area (Å²) in [4.78, 5) is 1.86. The summed E-state index contributed by atoms with van der Waals surface area (Å²) in [6, 6.07) is 7.16. The van der Waals surface area contributed by atoms with Crippen LogP contribution in [0.5, 0.6) is 0 Å². The zero-order valence-corrected chi connectivity index (χ0v) is 15.3. The van der Waals surface area contributed by atoms with Gasteiger partial charge in [0.15, 0.2) is 9.84 Å². The summed E-state index contributed by atoms with van der Waals surface area (Å²) in [6.07, 6.45) is 0.299. The molecule has 0 bridgehead atoms. The van der Waals surface area contributed by atoms with Gasteiger partial charge in [-0.25, -0.2) is 16.8 Å². The lowest BCUT2D eigenvalue weighted by Gasteiger charge is -2.28. The van der Waals surface area contributed by atoms with Crippen molar-refractivity contribution in [3.05, 3.63) is 29.8 Å². The molecule has 7 nitrogen and oxygen atoms in total. The average molecular weight is 371 g/mol. The van der Waals surface area contributed by atoms with E-state index in [9.17, 15) is 16.8 Å². The SMILES string of the molecule is CN(C)CCN([C@H]1CCS(=O)(=O)C1)S(=O)(=O)c1cccc(C#N)c1. The van der Waals surface area contributed by atoms with Gasteiger partial charge in [0.25, 0.3) is 0 Å². The molecule has 1 aromatic rings.